The van der Waals surface area contributed by atoms with Crippen LogP contribution in [0.2, 0.25) is 0 Å². The van der Waals surface area contributed by atoms with Crippen LogP contribution in [0.1, 0.15) is 19.8 Å². The van der Waals surface area contributed by atoms with E-state index in [-0.39, 0.29) is 5.79 Å². The van der Waals surface area contributed by atoms with Crippen molar-refractivity contribution >= 4 is 19.8 Å². The van der Waals surface area contributed by atoms with Crippen molar-refractivity contribution in [2.75, 3.05) is 27.5 Å². The number of ether oxygens (including phenoxy) is 2. The minimum absolute atomic E-state index is 0.210. The molecule has 0 amide bonds. The molecule has 1 saturated heterocycles. The second-order valence-corrected chi connectivity index (χ2v) is 9.44. The molecular weight excluding hydrogens is 267 g/mol. The number of rotatable bonds is 3. The predicted molar refractivity (Wildman–Crippen MR) is 60.3 cm³/mol. The summed E-state index contributed by atoms with van der Waals surface area (Å²) in [6, 6.07) is 0. The Morgan fingerprint density at radius 2 is 1.92 bits per heavy atom. The molecule has 0 aromatic carbocycles. The van der Waals surface area contributed by atoms with Crippen LogP contribution in [-0.2, 0) is 9.47 Å². The predicted octanol–water partition coefficient (Wildman–Crippen LogP) is 2.30. The molecule has 3 heteroatoms. The van der Waals surface area contributed by atoms with E-state index in [1.54, 1.807) is 7.11 Å². The Labute approximate surface area is 82.4 Å². The van der Waals surface area contributed by atoms with Gasteiger partial charge in [0.05, 0.1) is 0 Å². The van der Waals surface area contributed by atoms with Gasteiger partial charge in [-0.05, 0) is 0 Å². The van der Waals surface area contributed by atoms with Crippen molar-refractivity contribution in [3.63, 3.8) is 0 Å². The average molecular weight is 286 g/mol. The van der Waals surface area contributed by atoms with Crippen LogP contribution in [0, 0.1) is 0 Å². The van der Waals surface area contributed by atoms with Crippen molar-refractivity contribution in [3.8, 4) is 0 Å². The minimum atomic E-state index is -0.531. The molecule has 0 saturated carbocycles. The Balaban J connectivity index is 2.45. The van der Waals surface area contributed by atoms with Gasteiger partial charge in [0.25, 0.3) is 0 Å². The van der Waals surface area contributed by atoms with Crippen LogP contribution < -0.4 is 0 Å². The average Bonchev–Trinajstić information content (AvgIpc) is 2.10. The van der Waals surface area contributed by atoms with Gasteiger partial charge in [-0.3, -0.25) is 0 Å². The van der Waals surface area contributed by atoms with Crippen molar-refractivity contribution in [2.45, 2.75) is 25.6 Å². The fourth-order valence-electron chi connectivity index (χ4n) is 1.50. The molecule has 0 radical (unpaired) electrons. The molecule has 2 nitrogen and oxygen atoms in total. The standard InChI is InChI=1S/C9H19IO2/c1-4-12-9(11-3)5-7-10(2)8-6-9/h4-8H2,1-3H3. The maximum absolute atomic E-state index is 5.67. The molecule has 0 aromatic rings. The maximum atomic E-state index is 5.67. The molecule has 0 N–H and O–H groups in total. The molecular formula is C9H19IO2. The van der Waals surface area contributed by atoms with Gasteiger partial charge in [-0.15, -0.1) is 0 Å². The molecule has 1 aliphatic rings. The van der Waals surface area contributed by atoms with Crippen molar-refractivity contribution in [1.29, 1.82) is 0 Å². The van der Waals surface area contributed by atoms with Crippen molar-refractivity contribution in [1.82, 2.24) is 0 Å². The van der Waals surface area contributed by atoms with Gasteiger partial charge in [-0.25, -0.2) is 0 Å². The Morgan fingerprint density at radius 3 is 2.33 bits per heavy atom. The van der Waals surface area contributed by atoms with Gasteiger partial charge in [0, 0.05) is 0 Å². The summed E-state index contributed by atoms with van der Waals surface area (Å²) in [5.74, 6) is -0.210. The molecule has 1 fully saturated rings. The molecule has 0 unspecified atom stereocenters. The molecule has 12 heavy (non-hydrogen) atoms. The molecule has 0 atom stereocenters. The molecule has 1 aliphatic heterocycles. The van der Waals surface area contributed by atoms with Crippen LogP contribution in [0.3, 0.4) is 0 Å². The van der Waals surface area contributed by atoms with Crippen LogP contribution in [0.15, 0.2) is 0 Å². The van der Waals surface area contributed by atoms with E-state index in [9.17, 15) is 0 Å². The van der Waals surface area contributed by atoms with E-state index < -0.39 is 19.8 Å². The van der Waals surface area contributed by atoms with Crippen LogP contribution in [0.5, 0.6) is 0 Å². The zero-order valence-electron chi connectivity index (χ0n) is 8.23. The van der Waals surface area contributed by atoms with E-state index in [0.29, 0.717) is 0 Å². The number of halogens is 1. The number of hydrogen-bond donors (Lipinski definition) is 0. The van der Waals surface area contributed by atoms with Crippen molar-refractivity contribution in [2.24, 2.45) is 0 Å². The zero-order valence-corrected chi connectivity index (χ0v) is 10.4. The molecule has 1 rings (SSSR count). The number of hydrogen-bond acceptors (Lipinski definition) is 2. The van der Waals surface area contributed by atoms with Gasteiger partial charge in [0.1, 0.15) is 0 Å². The quantitative estimate of drug-likeness (QED) is 0.450. The van der Waals surface area contributed by atoms with Crippen LogP contribution in [0.4, 0.5) is 0 Å². The summed E-state index contributed by atoms with van der Waals surface area (Å²) in [6.07, 6.45) is 2.25. The third-order valence-corrected chi connectivity index (χ3v) is 7.14. The van der Waals surface area contributed by atoms with Gasteiger partial charge in [0.2, 0.25) is 0 Å². The summed E-state index contributed by atoms with van der Waals surface area (Å²) in [4.78, 5) is 2.45. The van der Waals surface area contributed by atoms with E-state index in [1.807, 2.05) is 6.92 Å². The second kappa shape index (κ2) is 4.77. The van der Waals surface area contributed by atoms with Gasteiger partial charge < -0.3 is 0 Å². The molecule has 0 bridgehead atoms. The Morgan fingerprint density at radius 1 is 1.33 bits per heavy atom. The summed E-state index contributed by atoms with van der Waals surface area (Å²) in [7, 11) is 1.77. The number of methoxy groups -OCH3 is 1. The fraction of sp³-hybridized carbons (Fsp3) is 1.00. The SMILES string of the molecule is CCOC1(OC)CCI(C)CC1. The van der Waals surface area contributed by atoms with Crippen molar-refractivity contribution < 1.29 is 9.47 Å². The Kier molecular flexibility index (Phi) is 4.26. The van der Waals surface area contributed by atoms with Crippen LogP contribution in [0.25, 0.3) is 0 Å². The Hall–Kier alpha value is 0.650. The summed E-state index contributed by atoms with van der Waals surface area (Å²) in [5.41, 5.74) is 0. The summed E-state index contributed by atoms with van der Waals surface area (Å²) >= 11 is -0.531. The summed E-state index contributed by atoms with van der Waals surface area (Å²) in [5, 5.41) is 0. The summed E-state index contributed by atoms with van der Waals surface area (Å²) in [6.45, 7) is 2.81. The van der Waals surface area contributed by atoms with E-state index in [0.717, 1.165) is 19.4 Å². The first-order valence-corrected chi connectivity index (χ1v) is 9.64. The van der Waals surface area contributed by atoms with Gasteiger partial charge in [-0.1, -0.05) is 0 Å². The molecule has 1 heterocycles. The fourth-order valence-corrected chi connectivity index (χ4v) is 5.52. The topological polar surface area (TPSA) is 18.5 Å². The van der Waals surface area contributed by atoms with E-state index >= 15 is 0 Å². The molecule has 0 spiro atoms. The van der Waals surface area contributed by atoms with E-state index in [2.05, 4.69) is 4.93 Å². The van der Waals surface area contributed by atoms with Gasteiger partial charge in [0.15, 0.2) is 0 Å². The Bertz CT molecular complexity index is 130. The normalized spacial score (nSPS) is 25.8. The van der Waals surface area contributed by atoms with E-state index in [4.69, 9.17) is 9.47 Å². The van der Waals surface area contributed by atoms with Crippen LogP contribution in [-0.4, -0.2) is 33.3 Å². The number of alkyl halides is 3. The first-order valence-electron chi connectivity index (χ1n) is 4.43. The van der Waals surface area contributed by atoms with E-state index in [1.165, 1.54) is 8.86 Å². The summed E-state index contributed by atoms with van der Waals surface area (Å²) < 4.78 is 13.9. The van der Waals surface area contributed by atoms with Crippen molar-refractivity contribution in [3.05, 3.63) is 0 Å². The van der Waals surface area contributed by atoms with Gasteiger partial charge in [-0.2, -0.15) is 0 Å². The first-order chi connectivity index (χ1) is 5.72. The van der Waals surface area contributed by atoms with Crippen LogP contribution >= 0.6 is 19.8 Å². The monoisotopic (exact) mass is 286 g/mol. The third-order valence-electron chi connectivity index (χ3n) is 2.38. The first kappa shape index (κ1) is 10.7. The third kappa shape index (κ3) is 2.57. The van der Waals surface area contributed by atoms with Gasteiger partial charge >= 0.3 is 82.3 Å². The molecule has 0 aromatic heterocycles. The zero-order chi connectivity index (χ0) is 9.03. The second-order valence-electron chi connectivity index (χ2n) is 3.15. The molecule has 74 valence electrons. The molecule has 0 aliphatic carbocycles.